The quantitative estimate of drug-likeness (QED) is 0.882. The highest BCUT2D eigenvalue weighted by Crippen LogP contribution is 2.11. The van der Waals surface area contributed by atoms with Gasteiger partial charge in [0.25, 0.3) is 0 Å². The summed E-state index contributed by atoms with van der Waals surface area (Å²) in [4.78, 5) is 0. The van der Waals surface area contributed by atoms with Gasteiger partial charge in [-0.1, -0.05) is 23.7 Å². The van der Waals surface area contributed by atoms with Crippen LogP contribution in [0, 0.1) is 0 Å². The minimum atomic E-state index is -3.13. The molecule has 0 heterocycles. The van der Waals surface area contributed by atoms with Crippen molar-refractivity contribution in [2.75, 3.05) is 6.26 Å². The summed E-state index contributed by atoms with van der Waals surface area (Å²) in [5.74, 6) is 0. The van der Waals surface area contributed by atoms with E-state index in [-0.39, 0.29) is 6.04 Å². The lowest BCUT2D eigenvalue weighted by Crippen LogP contribution is -2.33. The molecule has 0 amide bonds. The van der Waals surface area contributed by atoms with Crippen LogP contribution in [0.2, 0.25) is 5.02 Å². The zero-order valence-corrected chi connectivity index (χ0v) is 10.3. The number of hydrogen-bond donors (Lipinski definition) is 1. The van der Waals surface area contributed by atoms with E-state index in [0.29, 0.717) is 11.4 Å². The lowest BCUT2D eigenvalue weighted by atomic mass is 10.1. The Labute approximate surface area is 95.5 Å². The van der Waals surface area contributed by atoms with E-state index >= 15 is 0 Å². The van der Waals surface area contributed by atoms with Crippen molar-refractivity contribution < 1.29 is 8.42 Å². The van der Waals surface area contributed by atoms with Gasteiger partial charge in [-0.3, -0.25) is 0 Å². The second-order valence-corrected chi connectivity index (χ2v) is 5.84. The summed E-state index contributed by atoms with van der Waals surface area (Å²) >= 11 is 5.74. The first kappa shape index (κ1) is 12.5. The highest BCUT2D eigenvalue weighted by molar-refractivity contribution is 7.88. The van der Waals surface area contributed by atoms with Crippen molar-refractivity contribution in [2.24, 2.45) is 0 Å². The van der Waals surface area contributed by atoms with Crippen molar-refractivity contribution in [3.05, 3.63) is 34.9 Å². The molecule has 1 atom stereocenters. The molecule has 15 heavy (non-hydrogen) atoms. The second kappa shape index (κ2) is 4.96. The molecule has 1 N–H and O–H groups in total. The number of hydrogen-bond acceptors (Lipinski definition) is 2. The highest BCUT2D eigenvalue weighted by Gasteiger charge is 2.08. The zero-order chi connectivity index (χ0) is 11.5. The molecule has 0 fully saturated rings. The molecule has 0 aliphatic heterocycles. The van der Waals surface area contributed by atoms with Gasteiger partial charge in [0.15, 0.2) is 0 Å². The number of sulfonamides is 1. The topological polar surface area (TPSA) is 46.2 Å². The predicted octanol–water partition coefficient (Wildman–Crippen LogP) is 1.82. The van der Waals surface area contributed by atoms with Crippen LogP contribution >= 0.6 is 11.6 Å². The van der Waals surface area contributed by atoms with Gasteiger partial charge in [-0.15, -0.1) is 0 Å². The first-order chi connectivity index (χ1) is 6.87. The van der Waals surface area contributed by atoms with E-state index < -0.39 is 10.0 Å². The maximum absolute atomic E-state index is 11.0. The van der Waals surface area contributed by atoms with Crippen LogP contribution < -0.4 is 4.72 Å². The fourth-order valence-electron chi connectivity index (χ4n) is 1.38. The largest absolute Gasteiger partial charge is 0.213 e. The van der Waals surface area contributed by atoms with Gasteiger partial charge in [-0.05, 0) is 31.0 Å². The summed E-state index contributed by atoms with van der Waals surface area (Å²) in [6, 6.07) is 7.26. The van der Waals surface area contributed by atoms with Crippen molar-refractivity contribution in [3.63, 3.8) is 0 Å². The molecule has 5 heteroatoms. The summed E-state index contributed by atoms with van der Waals surface area (Å²) in [6.45, 7) is 1.83. The van der Waals surface area contributed by atoms with E-state index in [1.807, 2.05) is 19.1 Å². The molecular formula is C10H14ClNO2S. The Kier molecular flexibility index (Phi) is 4.13. The Balaban J connectivity index is 2.59. The Morgan fingerprint density at radius 3 is 2.33 bits per heavy atom. The summed E-state index contributed by atoms with van der Waals surface area (Å²) in [7, 11) is -3.13. The molecule has 0 aliphatic rings. The maximum atomic E-state index is 11.0. The van der Waals surface area contributed by atoms with Crippen molar-refractivity contribution in [1.29, 1.82) is 0 Å². The van der Waals surface area contributed by atoms with Crippen LogP contribution in [0.25, 0.3) is 0 Å². The Morgan fingerprint density at radius 2 is 1.87 bits per heavy atom. The molecule has 1 aromatic rings. The van der Waals surface area contributed by atoms with Gasteiger partial charge in [0, 0.05) is 11.1 Å². The van der Waals surface area contributed by atoms with Crippen LogP contribution in [0.4, 0.5) is 0 Å². The lowest BCUT2D eigenvalue weighted by Gasteiger charge is -2.11. The van der Waals surface area contributed by atoms with Gasteiger partial charge in [0.05, 0.1) is 6.26 Å². The highest BCUT2D eigenvalue weighted by atomic mass is 35.5. The molecule has 0 saturated carbocycles. The van der Waals surface area contributed by atoms with Crippen LogP contribution in [0.15, 0.2) is 24.3 Å². The molecular weight excluding hydrogens is 234 g/mol. The molecule has 84 valence electrons. The van der Waals surface area contributed by atoms with Crippen molar-refractivity contribution in [1.82, 2.24) is 4.72 Å². The molecule has 0 spiro atoms. The summed E-state index contributed by atoms with van der Waals surface area (Å²) in [5, 5.41) is 0.683. The van der Waals surface area contributed by atoms with Crippen LogP contribution in [-0.2, 0) is 16.4 Å². The molecule has 1 rings (SSSR count). The summed E-state index contributed by atoms with van der Waals surface area (Å²) in [6.07, 6.45) is 1.82. The summed E-state index contributed by atoms with van der Waals surface area (Å²) < 4.78 is 24.4. The molecule has 0 radical (unpaired) electrons. The van der Waals surface area contributed by atoms with Crippen molar-refractivity contribution in [3.8, 4) is 0 Å². The van der Waals surface area contributed by atoms with E-state index in [0.717, 1.165) is 11.8 Å². The molecule has 1 aromatic carbocycles. The fraction of sp³-hybridized carbons (Fsp3) is 0.400. The number of rotatable bonds is 4. The number of benzene rings is 1. The Bertz CT molecular complexity index is 414. The van der Waals surface area contributed by atoms with Crippen LogP contribution in [0.1, 0.15) is 12.5 Å². The normalized spacial score (nSPS) is 13.8. The first-order valence-electron chi connectivity index (χ1n) is 4.58. The average Bonchev–Trinajstić information content (AvgIpc) is 2.05. The van der Waals surface area contributed by atoms with E-state index in [1.165, 1.54) is 0 Å². The third kappa shape index (κ3) is 5.16. The SMILES string of the molecule is CC(Cc1ccc(Cl)cc1)NS(C)(=O)=O. The van der Waals surface area contributed by atoms with Gasteiger partial charge in [0.2, 0.25) is 10.0 Å². The first-order valence-corrected chi connectivity index (χ1v) is 6.85. The lowest BCUT2D eigenvalue weighted by molar-refractivity contribution is 0.565. The summed E-state index contributed by atoms with van der Waals surface area (Å²) in [5.41, 5.74) is 1.06. The maximum Gasteiger partial charge on any atom is 0.208 e. The Morgan fingerprint density at radius 1 is 1.33 bits per heavy atom. The number of nitrogens with one attached hydrogen (secondary N) is 1. The van der Waals surface area contributed by atoms with E-state index in [2.05, 4.69) is 4.72 Å². The van der Waals surface area contributed by atoms with Crippen molar-refractivity contribution in [2.45, 2.75) is 19.4 Å². The van der Waals surface area contributed by atoms with Crippen LogP contribution in [-0.4, -0.2) is 20.7 Å². The molecule has 0 aromatic heterocycles. The predicted molar refractivity (Wildman–Crippen MR) is 62.6 cm³/mol. The minimum absolute atomic E-state index is 0.110. The molecule has 0 saturated heterocycles. The molecule has 0 aliphatic carbocycles. The van der Waals surface area contributed by atoms with E-state index in [1.54, 1.807) is 12.1 Å². The monoisotopic (exact) mass is 247 g/mol. The third-order valence-corrected chi connectivity index (χ3v) is 2.95. The van der Waals surface area contributed by atoms with E-state index in [9.17, 15) is 8.42 Å². The van der Waals surface area contributed by atoms with Crippen LogP contribution in [0.5, 0.6) is 0 Å². The van der Waals surface area contributed by atoms with Crippen molar-refractivity contribution >= 4 is 21.6 Å². The second-order valence-electron chi connectivity index (χ2n) is 3.62. The van der Waals surface area contributed by atoms with E-state index in [4.69, 9.17) is 11.6 Å². The minimum Gasteiger partial charge on any atom is -0.213 e. The average molecular weight is 248 g/mol. The number of halogens is 1. The molecule has 1 unspecified atom stereocenters. The van der Waals surface area contributed by atoms with Gasteiger partial charge < -0.3 is 0 Å². The fourth-order valence-corrected chi connectivity index (χ4v) is 2.32. The smallest absolute Gasteiger partial charge is 0.208 e. The zero-order valence-electron chi connectivity index (χ0n) is 8.70. The Hall–Kier alpha value is -0.580. The van der Waals surface area contributed by atoms with Gasteiger partial charge in [-0.25, -0.2) is 13.1 Å². The van der Waals surface area contributed by atoms with Gasteiger partial charge >= 0.3 is 0 Å². The molecule has 0 bridgehead atoms. The standard InChI is InChI=1S/C10H14ClNO2S/c1-8(12-15(2,13)14)7-9-3-5-10(11)6-4-9/h3-6,8,12H,7H2,1-2H3. The third-order valence-electron chi connectivity index (χ3n) is 1.87. The molecule has 3 nitrogen and oxygen atoms in total. The van der Waals surface area contributed by atoms with Gasteiger partial charge in [-0.2, -0.15) is 0 Å². The van der Waals surface area contributed by atoms with Crippen LogP contribution in [0.3, 0.4) is 0 Å². The van der Waals surface area contributed by atoms with Gasteiger partial charge in [0.1, 0.15) is 0 Å².